The second-order valence-electron chi connectivity index (χ2n) is 6.80. The molecule has 0 bridgehead atoms. The fourth-order valence-electron chi connectivity index (χ4n) is 3.52. The number of nitrogens with zero attached hydrogens (tertiary/aromatic N) is 3. The van der Waals surface area contributed by atoms with Gasteiger partial charge in [0, 0.05) is 38.2 Å². The third-order valence-corrected chi connectivity index (χ3v) is 6.60. The molecule has 2 atom stereocenters. The van der Waals surface area contributed by atoms with Gasteiger partial charge in [-0.2, -0.15) is 13.2 Å². The number of sulfone groups is 1. The van der Waals surface area contributed by atoms with Gasteiger partial charge in [0.1, 0.15) is 5.69 Å². The standard InChI is InChI=1S/C17H22F3N3O5S/c1-4-12-10-22(13(5-2)9-21(12)11(3)24)15-7-6-14(8-16(15)23(25)26)29(27,28)17(18,19)20/h6-8,12-13H,4-5,9-10H2,1-3H3/t12-,13-/m1/s1. The number of hydrogen-bond acceptors (Lipinski definition) is 6. The lowest BCUT2D eigenvalue weighted by Gasteiger charge is -2.46. The van der Waals surface area contributed by atoms with Crippen molar-refractivity contribution in [3.05, 3.63) is 28.3 Å². The van der Waals surface area contributed by atoms with Crippen molar-refractivity contribution in [3.63, 3.8) is 0 Å². The van der Waals surface area contributed by atoms with Crippen LogP contribution in [0.3, 0.4) is 0 Å². The molecule has 12 heteroatoms. The van der Waals surface area contributed by atoms with Gasteiger partial charge in [-0.3, -0.25) is 14.9 Å². The summed E-state index contributed by atoms with van der Waals surface area (Å²) in [5.74, 6) is -0.129. The van der Waals surface area contributed by atoms with E-state index in [2.05, 4.69) is 0 Å². The molecule has 0 saturated carbocycles. The van der Waals surface area contributed by atoms with Crippen molar-refractivity contribution in [1.29, 1.82) is 0 Å². The molecule has 1 saturated heterocycles. The third kappa shape index (κ3) is 4.31. The van der Waals surface area contributed by atoms with Crippen molar-refractivity contribution in [2.45, 2.75) is 56.1 Å². The first-order valence-corrected chi connectivity index (χ1v) is 10.5. The van der Waals surface area contributed by atoms with Crippen LogP contribution in [0, 0.1) is 10.1 Å². The van der Waals surface area contributed by atoms with Gasteiger partial charge in [-0.1, -0.05) is 13.8 Å². The van der Waals surface area contributed by atoms with Gasteiger partial charge in [-0.15, -0.1) is 0 Å². The second kappa shape index (κ2) is 8.17. The summed E-state index contributed by atoms with van der Waals surface area (Å²) in [6.45, 7) is 5.68. The SMILES string of the molecule is CC[C@@H]1CN(c2ccc(S(=O)(=O)C(F)(F)F)cc2[N+](=O)[O-])[C@H](CC)CN1C(C)=O. The number of rotatable bonds is 5. The Bertz CT molecular complexity index is 904. The van der Waals surface area contributed by atoms with E-state index in [1.54, 1.807) is 9.80 Å². The van der Waals surface area contributed by atoms with Gasteiger partial charge >= 0.3 is 5.51 Å². The van der Waals surface area contributed by atoms with Crippen molar-refractivity contribution >= 4 is 27.1 Å². The fourth-order valence-corrected chi connectivity index (χ4v) is 4.30. The monoisotopic (exact) mass is 437 g/mol. The van der Waals surface area contributed by atoms with E-state index in [0.29, 0.717) is 25.5 Å². The molecule has 8 nitrogen and oxygen atoms in total. The average Bonchev–Trinajstić information content (AvgIpc) is 2.65. The fraction of sp³-hybridized carbons (Fsp3) is 0.588. The largest absolute Gasteiger partial charge is 0.501 e. The molecule has 0 unspecified atom stereocenters. The Morgan fingerprint density at radius 2 is 1.79 bits per heavy atom. The molecule has 0 spiro atoms. The van der Waals surface area contributed by atoms with Crippen molar-refractivity contribution in [3.8, 4) is 0 Å². The van der Waals surface area contributed by atoms with Crippen LogP contribution in [0.1, 0.15) is 33.6 Å². The summed E-state index contributed by atoms with van der Waals surface area (Å²) in [5, 5.41) is 11.6. The van der Waals surface area contributed by atoms with Crippen LogP contribution >= 0.6 is 0 Å². The maximum Gasteiger partial charge on any atom is 0.501 e. The van der Waals surface area contributed by atoms with Crippen LogP contribution in [0.15, 0.2) is 23.1 Å². The molecule has 1 aliphatic rings. The number of hydrogen-bond donors (Lipinski definition) is 0. The second-order valence-corrected chi connectivity index (χ2v) is 8.75. The quantitative estimate of drug-likeness (QED) is 0.518. The van der Waals surface area contributed by atoms with E-state index in [1.807, 2.05) is 13.8 Å². The molecule has 1 aliphatic heterocycles. The summed E-state index contributed by atoms with van der Waals surface area (Å²) >= 11 is 0. The molecule has 0 aromatic heterocycles. The van der Waals surface area contributed by atoms with E-state index in [-0.39, 0.29) is 30.2 Å². The minimum Gasteiger partial charge on any atom is -0.359 e. The molecule has 2 rings (SSSR count). The van der Waals surface area contributed by atoms with Gasteiger partial charge < -0.3 is 9.80 Å². The highest BCUT2D eigenvalue weighted by Gasteiger charge is 2.48. The minimum absolute atomic E-state index is 0.0321. The smallest absolute Gasteiger partial charge is 0.359 e. The molecular weight excluding hydrogens is 415 g/mol. The Hall–Kier alpha value is -2.37. The summed E-state index contributed by atoms with van der Waals surface area (Å²) in [6, 6.07) is 1.69. The zero-order valence-corrected chi connectivity index (χ0v) is 17.0. The number of benzene rings is 1. The number of nitro groups is 1. The van der Waals surface area contributed by atoms with E-state index in [4.69, 9.17) is 0 Å². The van der Waals surface area contributed by atoms with Gasteiger partial charge in [0.25, 0.3) is 15.5 Å². The van der Waals surface area contributed by atoms with Gasteiger partial charge in [0.15, 0.2) is 0 Å². The van der Waals surface area contributed by atoms with Crippen LogP contribution in [0.4, 0.5) is 24.5 Å². The summed E-state index contributed by atoms with van der Waals surface area (Å²) in [4.78, 5) is 24.8. The maximum atomic E-state index is 12.8. The van der Waals surface area contributed by atoms with Gasteiger partial charge in [0.05, 0.1) is 9.82 Å². The Morgan fingerprint density at radius 3 is 2.24 bits per heavy atom. The van der Waals surface area contributed by atoms with Crippen molar-refractivity contribution in [2.75, 3.05) is 18.0 Å². The zero-order valence-electron chi connectivity index (χ0n) is 16.1. The lowest BCUT2D eigenvalue weighted by Crippen LogP contribution is -2.59. The van der Waals surface area contributed by atoms with E-state index in [0.717, 1.165) is 12.1 Å². The minimum atomic E-state index is -5.71. The van der Waals surface area contributed by atoms with E-state index >= 15 is 0 Å². The predicted octanol–water partition coefficient (Wildman–Crippen LogP) is 3.11. The number of anilines is 1. The highest BCUT2D eigenvalue weighted by Crippen LogP contribution is 2.38. The Kier molecular flexibility index (Phi) is 6.45. The van der Waals surface area contributed by atoms with Crippen LogP contribution in [-0.2, 0) is 14.6 Å². The topological polar surface area (TPSA) is 101 Å². The van der Waals surface area contributed by atoms with Gasteiger partial charge in [0.2, 0.25) is 5.91 Å². The number of amides is 1. The van der Waals surface area contributed by atoms with Crippen LogP contribution in [-0.4, -0.2) is 54.8 Å². The van der Waals surface area contributed by atoms with Crippen LogP contribution in [0.2, 0.25) is 0 Å². The number of carbonyl (C=O) groups is 1. The molecule has 0 aliphatic carbocycles. The van der Waals surface area contributed by atoms with Crippen LogP contribution < -0.4 is 4.90 Å². The first-order valence-electron chi connectivity index (χ1n) is 8.98. The molecule has 1 aromatic carbocycles. The maximum absolute atomic E-state index is 12.8. The number of halogens is 3. The predicted molar refractivity (Wildman–Crippen MR) is 99.2 cm³/mol. The molecule has 162 valence electrons. The third-order valence-electron chi connectivity index (χ3n) is 5.11. The number of nitro benzene ring substituents is 1. The van der Waals surface area contributed by atoms with Crippen LogP contribution in [0.25, 0.3) is 0 Å². The summed E-state index contributed by atoms with van der Waals surface area (Å²) in [7, 11) is -5.71. The number of alkyl halides is 3. The number of carbonyl (C=O) groups excluding carboxylic acids is 1. The lowest BCUT2D eigenvalue weighted by molar-refractivity contribution is -0.384. The summed E-state index contributed by atoms with van der Waals surface area (Å²) in [5.41, 5.74) is -6.25. The average molecular weight is 437 g/mol. The molecule has 1 aromatic rings. The highest BCUT2D eigenvalue weighted by molar-refractivity contribution is 7.92. The molecular formula is C17H22F3N3O5S. The molecule has 0 N–H and O–H groups in total. The summed E-state index contributed by atoms with van der Waals surface area (Å²) < 4.78 is 61.8. The van der Waals surface area contributed by atoms with E-state index < -0.39 is 30.9 Å². The van der Waals surface area contributed by atoms with E-state index in [1.165, 1.54) is 6.92 Å². The summed E-state index contributed by atoms with van der Waals surface area (Å²) in [6.07, 6.45) is 1.11. The van der Waals surface area contributed by atoms with Gasteiger partial charge in [-0.05, 0) is 25.0 Å². The van der Waals surface area contributed by atoms with E-state index in [9.17, 15) is 36.5 Å². The highest BCUT2D eigenvalue weighted by atomic mass is 32.2. The van der Waals surface area contributed by atoms with Crippen LogP contribution in [0.5, 0.6) is 0 Å². The first-order chi connectivity index (χ1) is 13.3. The Labute approximate surface area is 166 Å². The van der Waals surface area contributed by atoms with Crippen molar-refractivity contribution < 1.29 is 31.3 Å². The Balaban J connectivity index is 2.56. The van der Waals surface area contributed by atoms with Crippen molar-refractivity contribution in [1.82, 2.24) is 4.90 Å². The Morgan fingerprint density at radius 1 is 1.21 bits per heavy atom. The lowest BCUT2D eigenvalue weighted by atomic mass is 10.0. The molecule has 1 heterocycles. The normalized spacial score (nSPS) is 20.6. The van der Waals surface area contributed by atoms with Crippen molar-refractivity contribution in [2.24, 2.45) is 0 Å². The molecule has 0 radical (unpaired) electrons. The molecule has 1 amide bonds. The first kappa shape index (κ1) is 22.9. The number of piperazine rings is 1. The molecule has 29 heavy (non-hydrogen) atoms. The van der Waals surface area contributed by atoms with Gasteiger partial charge in [-0.25, -0.2) is 8.42 Å². The zero-order chi connectivity index (χ0) is 22.1. The molecule has 1 fully saturated rings.